The highest BCUT2D eigenvalue weighted by atomic mass is 19.4. The average Bonchev–Trinajstić information content (AvgIpc) is 2.20. The van der Waals surface area contributed by atoms with Crippen LogP contribution in [-0.4, -0.2) is 11.3 Å². The molecule has 0 aliphatic rings. The Balaban J connectivity index is 3.25. The number of rotatable bonds is 2. The summed E-state index contributed by atoms with van der Waals surface area (Å²) < 4.78 is 39.8. The van der Waals surface area contributed by atoms with Gasteiger partial charge in [0.2, 0.25) is 0 Å². The molecule has 1 aromatic rings. The number of alkyl halides is 3. The molecule has 0 spiro atoms. The summed E-state index contributed by atoms with van der Waals surface area (Å²) in [6.07, 6.45) is -5.33. The third-order valence-electron chi connectivity index (χ3n) is 1.67. The van der Waals surface area contributed by atoms with Crippen LogP contribution >= 0.6 is 0 Å². The van der Waals surface area contributed by atoms with Gasteiger partial charge in [-0.25, -0.2) is 4.98 Å². The third kappa shape index (κ3) is 3.24. The van der Waals surface area contributed by atoms with Crippen molar-refractivity contribution in [2.24, 2.45) is 0 Å². The fourth-order valence-electron chi connectivity index (χ4n) is 1.05. The van der Waals surface area contributed by atoms with Crippen LogP contribution in [0.2, 0.25) is 0 Å². The van der Waals surface area contributed by atoms with Gasteiger partial charge in [0.05, 0.1) is 23.9 Å². The number of ether oxygens (including phenoxy) is 1. The second-order valence-electron chi connectivity index (χ2n) is 2.87. The van der Waals surface area contributed by atoms with Gasteiger partial charge < -0.3 is 10.5 Å². The summed E-state index contributed by atoms with van der Waals surface area (Å²) in [5, 5.41) is 17.0. The first-order valence-corrected chi connectivity index (χ1v) is 4.19. The van der Waals surface area contributed by atoms with E-state index < -0.39 is 18.5 Å². The summed E-state index contributed by atoms with van der Waals surface area (Å²) in [5.74, 6) is -0.671. The summed E-state index contributed by atoms with van der Waals surface area (Å²) in [6, 6.07) is 4.05. The van der Waals surface area contributed by atoms with Crippen LogP contribution in [0.25, 0.3) is 0 Å². The topological polar surface area (TPSA) is 95.7 Å². The van der Waals surface area contributed by atoms with Crippen molar-refractivity contribution < 1.29 is 17.9 Å². The summed E-state index contributed by atoms with van der Waals surface area (Å²) >= 11 is 0. The molecule has 0 amide bonds. The zero-order chi connectivity index (χ0) is 13.1. The van der Waals surface area contributed by atoms with E-state index in [1.807, 2.05) is 0 Å². The number of nitrogen functional groups attached to an aromatic ring is 1. The number of halogens is 3. The smallest absolute Gasteiger partial charge is 0.404 e. The first kappa shape index (κ1) is 12.6. The molecule has 0 unspecified atom stereocenters. The van der Waals surface area contributed by atoms with E-state index in [0.717, 1.165) is 6.07 Å². The Morgan fingerprint density at radius 2 is 2.06 bits per heavy atom. The SMILES string of the molecule is N#CCc1nc(C#N)c(N)cc1OC(F)(F)F. The Morgan fingerprint density at radius 1 is 1.41 bits per heavy atom. The maximum atomic E-state index is 12.0. The molecule has 0 aliphatic carbocycles. The van der Waals surface area contributed by atoms with Crippen molar-refractivity contribution in [1.82, 2.24) is 4.98 Å². The highest BCUT2D eigenvalue weighted by Crippen LogP contribution is 2.28. The van der Waals surface area contributed by atoms with E-state index in [4.69, 9.17) is 16.3 Å². The van der Waals surface area contributed by atoms with E-state index in [1.54, 1.807) is 12.1 Å². The van der Waals surface area contributed by atoms with Crippen molar-refractivity contribution in [2.45, 2.75) is 12.8 Å². The van der Waals surface area contributed by atoms with Crippen molar-refractivity contribution in [2.75, 3.05) is 5.73 Å². The van der Waals surface area contributed by atoms with Gasteiger partial charge in [-0.3, -0.25) is 0 Å². The quantitative estimate of drug-likeness (QED) is 0.847. The van der Waals surface area contributed by atoms with Gasteiger partial charge in [0.25, 0.3) is 0 Å². The highest BCUT2D eigenvalue weighted by molar-refractivity contribution is 5.55. The maximum Gasteiger partial charge on any atom is 0.573 e. The molecule has 17 heavy (non-hydrogen) atoms. The molecule has 8 heteroatoms. The van der Waals surface area contributed by atoms with Gasteiger partial charge in [-0.1, -0.05) is 0 Å². The van der Waals surface area contributed by atoms with E-state index in [2.05, 4.69) is 9.72 Å². The molecule has 0 radical (unpaired) electrons. The van der Waals surface area contributed by atoms with Crippen molar-refractivity contribution in [3.05, 3.63) is 17.5 Å². The molecule has 88 valence electrons. The average molecular weight is 242 g/mol. The molecule has 0 fully saturated rings. The number of hydrogen-bond donors (Lipinski definition) is 1. The van der Waals surface area contributed by atoms with Crippen LogP contribution in [0, 0.1) is 22.7 Å². The Kier molecular flexibility index (Phi) is 3.39. The van der Waals surface area contributed by atoms with E-state index in [-0.39, 0.29) is 17.1 Å². The highest BCUT2D eigenvalue weighted by Gasteiger charge is 2.32. The Labute approximate surface area is 93.8 Å². The van der Waals surface area contributed by atoms with Crippen LogP contribution in [0.3, 0.4) is 0 Å². The maximum absolute atomic E-state index is 12.0. The predicted molar refractivity (Wildman–Crippen MR) is 49.4 cm³/mol. The van der Waals surface area contributed by atoms with Gasteiger partial charge in [-0.15, -0.1) is 13.2 Å². The molecule has 0 aliphatic heterocycles. The molecule has 1 rings (SSSR count). The molecule has 1 aromatic heterocycles. The predicted octanol–water partition coefficient (Wildman–Crippen LogP) is 1.50. The van der Waals surface area contributed by atoms with Crippen molar-refractivity contribution >= 4 is 5.69 Å². The van der Waals surface area contributed by atoms with E-state index in [1.165, 1.54) is 0 Å². The monoisotopic (exact) mass is 242 g/mol. The molecule has 0 saturated heterocycles. The lowest BCUT2D eigenvalue weighted by Crippen LogP contribution is -2.19. The zero-order valence-corrected chi connectivity index (χ0v) is 8.25. The van der Waals surface area contributed by atoms with Crippen LogP contribution < -0.4 is 10.5 Å². The van der Waals surface area contributed by atoms with Gasteiger partial charge in [0.15, 0.2) is 11.4 Å². The number of nitriles is 2. The Bertz CT molecular complexity index is 513. The van der Waals surface area contributed by atoms with E-state index >= 15 is 0 Å². The van der Waals surface area contributed by atoms with Crippen LogP contribution in [0.4, 0.5) is 18.9 Å². The molecule has 1 heterocycles. The first-order valence-electron chi connectivity index (χ1n) is 4.19. The van der Waals surface area contributed by atoms with Crippen molar-refractivity contribution in [3.63, 3.8) is 0 Å². The number of anilines is 1. The van der Waals surface area contributed by atoms with Gasteiger partial charge in [0.1, 0.15) is 6.07 Å². The van der Waals surface area contributed by atoms with E-state index in [9.17, 15) is 13.2 Å². The molecule has 0 aromatic carbocycles. The Hall–Kier alpha value is -2.48. The molecule has 5 nitrogen and oxygen atoms in total. The largest absolute Gasteiger partial charge is 0.573 e. The third-order valence-corrected chi connectivity index (χ3v) is 1.67. The number of nitrogens with zero attached hydrogens (tertiary/aromatic N) is 3. The normalized spacial score (nSPS) is 10.4. The van der Waals surface area contributed by atoms with Gasteiger partial charge in [-0.2, -0.15) is 10.5 Å². The van der Waals surface area contributed by atoms with Gasteiger partial charge in [0, 0.05) is 6.07 Å². The fourth-order valence-corrected chi connectivity index (χ4v) is 1.05. The molecule has 0 atom stereocenters. The van der Waals surface area contributed by atoms with E-state index in [0.29, 0.717) is 0 Å². The lowest BCUT2D eigenvalue weighted by Gasteiger charge is -2.12. The number of hydrogen-bond acceptors (Lipinski definition) is 5. The fraction of sp³-hybridized carbons (Fsp3) is 0.222. The second-order valence-corrected chi connectivity index (χ2v) is 2.87. The van der Waals surface area contributed by atoms with Gasteiger partial charge >= 0.3 is 6.36 Å². The van der Waals surface area contributed by atoms with Gasteiger partial charge in [-0.05, 0) is 0 Å². The summed E-state index contributed by atoms with van der Waals surface area (Å²) in [7, 11) is 0. The van der Waals surface area contributed by atoms with Crippen molar-refractivity contribution in [1.29, 1.82) is 10.5 Å². The van der Waals surface area contributed by atoms with Crippen molar-refractivity contribution in [3.8, 4) is 17.9 Å². The lowest BCUT2D eigenvalue weighted by molar-refractivity contribution is -0.275. The van der Waals surface area contributed by atoms with Crippen LogP contribution in [0.5, 0.6) is 5.75 Å². The number of aromatic nitrogens is 1. The summed E-state index contributed by atoms with van der Waals surface area (Å²) in [4.78, 5) is 3.53. The summed E-state index contributed by atoms with van der Waals surface area (Å²) in [5.41, 5.74) is 4.53. The molecule has 2 N–H and O–H groups in total. The zero-order valence-electron chi connectivity index (χ0n) is 8.25. The standard InChI is InChI=1S/C9H5F3N4O/c10-9(11,12)17-8-3-5(15)7(4-14)16-6(8)1-2-13/h3H,1,15H2. The second kappa shape index (κ2) is 4.58. The minimum atomic E-state index is -4.91. The molecular weight excluding hydrogens is 237 g/mol. The van der Waals surface area contributed by atoms with Crippen LogP contribution in [0.1, 0.15) is 11.4 Å². The minimum Gasteiger partial charge on any atom is -0.404 e. The number of nitrogens with two attached hydrogens (primary N) is 1. The Morgan fingerprint density at radius 3 is 2.53 bits per heavy atom. The first-order chi connectivity index (χ1) is 7.87. The van der Waals surface area contributed by atoms with Crippen LogP contribution in [0.15, 0.2) is 6.07 Å². The molecule has 0 bridgehead atoms. The lowest BCUT2D eigenvalue weighted by atomic mass is 10.2. The molecular formula is C9H5F3N4O. The summed E-state index contributed by atoms with van der Waals surface area (Å²) in [6.45, 7) is 0. The minimum absolute atomic E-state index is 0.242. The molecule has 0 saturated carbocycles. The number of pyridine rings is 1. The van der Waals surface area contributed by atoms with Crippen LogP contribution in [-0.2, 0) is 6.42 Å².